The zero-order valence-corrected chi connectivity index (χ0v) is 13.5. The van der Waals surface area contributed by atoms with E-state index in [0.717, 1.165) is 23.8 Å². The van der Waals surface area contributed by atoms with Crippen molar-refractivity contribution in [3.63, 3.8) is 0 Å². The number of non-ortho nitro benzene ring substituents is 1. The highest BCUT2D eigenvalue weighted by molar-refractivity contribution is 5.94. The van der Waals surface area contributed by atoms with Gasteiger partial charge in [0, 0.05) is 18.7 Å². The van der Waals surface area contributed by atoms with Crippen molar-refractivity contribution in [3.05, 3.63) is 69.5 Å². The minimum atomic E-state index is -0.923. The zero-order valence-electron chi connectivity index (χ0n) is 13.5. The van der Waals surface area contributed by atoms with E-state index in [1.165, 1.54) is 12.0 Å². The summed E-state index contributed by atoms with van der Waals surface area (Å²) in [4.78, 5) is 23.9. The fourth-order valence-corrected chi connectivity index (χ4v) is 2.38. The number of halogens is 1. The summed E-state index contributed by atoms with van der Waals surface area (Å²) >= 11 is 0. The van der Waals surface area contributed by atoms with Gasteiger partial charge in [0.25, 0.3) is 11.6 Å². The van der Waals surface area contributed by atoms with Crippen LogP contribution in [0.2, 0.25) is 0 Å². The first kappa shape index (κ1) is 17.4. The van der Waals surface area contributed by atoms with Crippen LogP contribution in [0.5, 0.6) is 5.75 Å². The molecule has 126 valence electrons. The van der Waals surface area contributed by atoms with Gasteiger partial charge in [-0.2, -0.15) is 0 Å². The molecule has 1 unspecified atom stereocenters. The van der Waals surface area contributed by atoms with E-state index in [9.17, 15) is 19.3 Å². The molecule has 0 radical (unpaired) electrons. The standard InChI is InChI=1S/C17H17FN2O4/c1-11(13-6-4-5-7-16(13)24-3)19(2)17(21)14-9-8-12(20(22)23)10-15(14)18/h4-11H,1-3H3. The Bertz CT molecular complexity index is 779. The monoisotopic (exact) mass is 332 g/mol. The topological polar surface area (TPSA) is 72.7 Å². The van der Waals surface area contributed by atoms with E-state index in [4.69, 9.17) is 4.74 Å². The van der Waals surface area contributed by atoms with Crippen LogP contribution in [0.3, 0.4) is 0 Å². The Kier molecular flexibility index (Phi) is 5.13. The Balaban J connectivity index is 2.30. The van der Waals surface area contributed by atoms with Gasteiger partial charge >= 0.3 is 0 Å². The molecule has 0 aliphatic heterocycles. The quantitative estimate of drug-likeness (QED) is 0.620. The highest BCUT2D eigenvalue weighted by atomic mass is 19.1. The molecule has 2 aromatic carbocycles. The fourth-order valence-electron chi connectivity index (χ4n) is 2.38. The van der Waals surface area contributed by atoms with Gasteiger partial charge < -0.3 is 9.64 Å². The molecule has 0 saturated carbocycles. The smallest absolute Gasteiger partial charge is 0.272 e. The maximum Gasteiger partial charge on any atom is 0.272 e. The molecule has 0 aliphatic rings. The second kappa shape index (κ2) is 7.08. The van der Waals surface area contributed by atoms with Crippen LogP contribution in [0.25, 0.3) is 0 Å². The molecule has 7 heteroatoms. The molecule has 0 fully saturated rings. The predicted molar refractivity (Wildman–Crippen MR) is 86.6 cm³/mol. The van der Waals surface area contributed by atoms with Crippen molar-refractivity contribution in [3.8, 4) is 5.75 Å². The largest absolute Gasteiger partial charge is 0.496 e. The number of amides is 1. The third kappa shape index (κ3) is 3.34. The van der Waals surface area contributed by atoms with Crippen LogP contribution in [0, 0.1) is 15.9 Å². The number of ether oxygens (including phenoxy) is 1. The van der Waals surface area contributed by atoms with Crippen molar-refractivity contribution in [2.24, 2.45) is 0 Å². The maximum absolute atomic E-state index is 14.1. The molecule has 2 aromatic rings. The first-order valence-electron chi connectivity index (χ1n) is 7.20. The van der Waals surface area contributed by atoms with Gasteiger partial charge in [0.1, 0.15) is 11.6 Å². The van der Waals surface area contributed by atoms with E-state index in [0.29, 0.717) is 5.75 Å². The Morgan fingerprint density at radius 1 is 1.29 bits per heavy atom. The van der Waals surface area contributed by atoms with Gasteiger partial charge in [-0.25, -0.2) is 4.39 Å². The number of carbonyl (C=O) groups is 1. The first-order chi connectivity index (χ1) is 11.4. The number of nitrogens with zero attached hydrogens (tertiary/aromatic N) is 2. The lowest BCUT2D eigenvalue weighted by molar-refractivity contribution is -0.385. The molecular formula is C17H17FN2O4. The van der Waals surface area contributed by atoms with Gasteiger partial charge in [-0.05, 0) is 19.1 Å². The predicted octanol–water partition coefficient (Wildman–Crippen LogP) is 3.58. The number of hydrogen-bond donors (Lipinski definition) is 0. The van der Waals surface area contributed by atoms with Gasteiger partial charge in [0.15, 0.2) is 0 Å². The molecule has 6 nitrogen and oxygen atoms in total. The number of nitro groups is 1. The van der Waals surface area contributed by atoms with Gasteiger partial charge in [-0.3, -0.25) is 14.9 Å². The van der Waals surface area contributed by atoms with E-state index >= 15 is 0 Å². The van der Waals surface area contributed by atoms with Crippen LogP contribution in [0.4, 0.5) is 10.1 Å². The zero-order chi connectivity index (χ0) is 17.9. The lowest BCUT2D eigenvalue weighted by atomic mass is 10.0. The fraction of sp³-hybridized carbons (Fsp3) is 0.235. The average Bonchev–Trinajstić information content (AvgIpc) is 2.59. The number of carbonyl (C=O) groups excluding carboxylic acids is 1. The molecule has 0 heterocycles. The highest BCUT2D eigenvalue weighted by Crippen LogP contribution is 2.29. The van der Waals surface area contributed by atoms with E-state index in [1.54, 1.807) is 20.0 Å². The SMILES string of the molecule is COc1ccccc1C(C)N(C)C(=O)c1ccc([N+](=O)[O-])cc1F. The average molecular weight is 332 g/mol. The first-order valence-corrected chi connectivity index (χ1v) is 7.20. The number of para-hydroxylation sites is 1. The summed E-state index contributed by atoms with van der Waals surface area (Å²) in [6.07, 6.45) is 0. The number of hydrogen-bond acceptors (Lipinski definition) is 4. The molecule has 0 N–H and O–H groups in total. The lowest BCUT2D eigenvalue weighted by Gasteiger charge is -2.26. The summed E-state index contributed by atoms with van der Waals surface area (Å²) in [6.45, 7) is 1.79. The lowest BCUT2D eigenvalue weighted by Crippen LogP contribution is -2.30. The van der Waals surface area contributed by atoms with E-state index in [-0.39, 0.29) is 11.6 Å². The van der Waals surface area contributed by atoms with Crippen LogP contribution in [-0.2, 0) is 0 Å². The van der Waals surface area contributed by atoms with Crippen molar-refractivity contribution in [2.75, 3.05) is 14.2 Å². The summed E-state index contributed by atoms with van der Waals surface area (Å²) in [7, 11) is 3.07. The Hall–Kier alpha value is -2.96. The van der Waals surface area contributed by atoms with Gasteiger partial charge in [0.2, 0.25) is 0 Å². The van der Waals surface area contributed by atoms with E-state index < -0.39 is 22.3 Å². The van der Waals surface area contributed by atoms with Crippen LogP contribution in [0.15, 0.2) is 42.5 Å². The van der Waals surface area contributed by atoms with Crippen molar-refractivity contribution >= 4 is 11.6 Å². The summed E-state index contributed by atoms with van der Waals surface area (Å²) in [5.41, 5.74) is 0.160. The van der Waals surface area contributed by atoms with Crippen molar-refractivity contribution in [1.29, 1.82) is 0 Å². The van der Waals surface area contributed by atoms with Crippen molar-refractivity contribution < 1.29 is 18.8 Å². The van der Waals surface area contributed by atoms with Crippen molar-refractivity contribution in [1.82, 2.24) is 4.90 Å². The molecule has 0 aliphatic carbocycles. The van der Waals surface area contributed by atoms with Crippen molar-refractivity contribution in [2.45, 2.75) is 13.0 Å². The third-order valence-corrected chi connectivity index (χ3v) is 3.88. The minimum absolute atomic E-state index is 0.218. The Morgan fingerprint density at radius 2 is 1.96 bits per heavy atom. The molecule has 1 amide bonds. The maximum atomic E-state index is 14.1. The summed E-state index contributed by atoms with van der Waals surface area (Å²) in [5, 5.41) is 10.7. The highest BCUT2D eigenvalue weighted by Gasteiger charge is 2.24. The normalized spacial score (nSPS) is 11.7. The number of rotatable bonds is 5. The third-order valence-electron chi connectivity index (χ3n) is 3.88. The second-order valence-electron chi connectivity index (χ2n) is 5.26. The van der Waals surface area contributed by atoms with Gasteiger partial charge in [-0.15, -0.1) is 0 Å². The molecule has 0 aromatic heterocycles. The number of nitro benzene ring substituents is 1. The summed E-state index contributed by atoms with van der Waals surface area (Å²) in [6, 6.07) is 9.83. The molecule has 2 rings (SSSR count). The molecule has 0 bridgehead atoms. The molecule has 1 atom stereocenters. The second-order valence-corrected chi connectivity index (χ2v) is 5.26. The van der Waals surface area contributed by atoms with Crippen LogP contribution in [0.1, 0.15) is 28.9 Å². The van der Waals surface area contributed by atoms with E-state index in [1.807, 2.05) is 18.2 Å². The molecule has 0 saturated heterocycles. The Morgan fingerprint density at radius 3 is 2.54 bits per heavy atom. The molecule has 24 heavy (non-hydrogen) atoms. The summed E-state index contributed by atoms with van der Waals surface area (Å²) < 4.78 is 19.3. The van der Waals surface area contributed by atoms with E-state index in [2.05, 4.69) is 0 Å². The van der Waals surface area contributed by atoms with Gasteiger partial charge in [-0.1, -0.05) is 18.2 Å². The number of benzene rings is 2. The molecular weight excluding hydrogens is 315 g/mol. The van der Waals surface area contributed by atoms with Crippen LogP contribution in [-0.4, -0.2) is 29.9 Å². The van der Waals surface area contributed by atoms with Gasteiger partial charge in [0.05, 0.1) is 29.7 Å². The summed E-state index contributed by atoms with van der Waals surface area (Å²) in [5.74, 6) is -0.872. The number of methoxy groups -OCH3 is 1. The van der Waals surface area contributed by atoms with Crippen LogP contribution >= 0.6 is 0 Å². The molecule has 0 spiro atoms. The Labute approximate surface area is 138 Å². The minimum Gasteiger partial charge on any atom is -0.496 e. The van der Waals surface area contributed by atoms with Crippen LogP contribution < -0.4 is 4.74 Å².